The molecule has 2 N–H and O–H groups in total. The normalized spacial score (nSPS) is 10.7. The summed E-state index contributed by atoms with van der Waals surface area (Å²) in [5.41, 5.74) is 3.06. The number of aryl methyl sites for hydroxylation is 1. The molecule has 4 aromatic rings. The van der Waals surface area contributed by atoms with E-state index in [-0.39, 0.29) is 17.6 Å². The quantitative estimate of drug-likeness (QED) is 0.305. The van der Waals surface area contributed by atoms with Crippen molar-refractivity contribution in [2.75, 3.05) is 23.0 Å². The molecule has 0 spiro atoms. The van der Waals surface area contributed by atoms with E-state index in [2.05, 4.69) is 15.6 Å². The lowest BCUT2D eigenvalue weighted by atomic mass is 10.1. The van der Waals surface area contributed by atoms with Crippen LogP contribution < -0.4 is 15.4 Å². The van der Waals surface area contributed by atoms with Crippen LogP contribution >= 0.6 is 23.1 Å². The maximum atomic E-state index is 12.6. The number of carbonyl (C=O) groups is 2. The SMILES string of the molecule is CCOc1ccc2nc(NC(=O)CSc3cccc(NC(=O)c4ccccc4C)c3)sc2c1. The summed E-state index contributed by atoms with van der Waals surface area (Å²) in [6, 6.07) is 20.6. The maximum absolute atomic E-state index is 12.6. The van der Waals surface area contributed by atoms with Gasteiger partial charge in [-0.3, -0.25) is 9.59 Å². The number of benzene rings is 3. The molecule has 3 aromatic carbocycles. The van der Waals surface area contributed by atoms with Gasteiger partial charge in [-0.15, -0.1) is 11.8 Å². The molecule has 168 valence electrons. The number of aromatic nitrogens is 1. The Morgan fingerprint density at radius 1 is 1.03 bits per heavy atom. The topological polar surface area (TPSA) is 80.3 Å². The Morgan fingerprint density at radius 3 is 2.70 bits per heavy atom. The first-order chi connectivity index (χ1) is 16.0. The molecule has 0 aliphatic rings. The molecule has 0 fully saturated rings. The molecule has 0 unspecified atom stereocenters. The van der Waals surface area contributed by atoms with E-state index >= 15 is 0 Å². The van der Waals surface area contributed by atoms with Crippen LogP contribution in [-0.4, -0.2) is 29.2 Å². The number of thiazole rings is 1. The van der Waals surface area contributed by atoms with Crippen LogP contribution in [0, 0.1) is 6.92 Å². The Morgan fingerprint density at radius 2 is 1.88 bits per heavy atom. The summed E-state index contributed by atoms with van der Waals surface area (Å²) >= 11 is 2.81. The zero-order valence-electron chi connectivity index (χ0n) is 18.3. The first-order valence-electron chi connectivity index (χ1n) is 10.4. The fourth-order valence-electron chi connectivity index (χ4n) is 3.21. The smallest absolute Gasteiger partial charge is 0.255 e. The third-order valence-electron chi connectivity index (χ3n) is 4.77. The Kier molecular flexibility index (Phi) is 7.26. The van der Waals surface area contributed by atoms with Crippen molar-refractivity contribution in [3.05, 3.63) is 77.9 Å². The highest BCUT2D eigenvalue weighted by Crippen LogP contribution is 2.30. The van der Waals surface area contributed by atoms with Gasteiger partial charge < -0.3 is 15.4 Å². The van der Waals surface area contributed by atoms with E-state index in [0.717, 1.165) is 26.4 Å². The van der Waals surface area contributed by atoms with Gasteiger partial charge in [-0.1, -0.05) is 35.6 Å². The molecule has 0 bridgehead atoms. The number of carbonyl (C=O) groups excluding carboxylic acids is 2. The number of nitrogens with one attached hydrogen (secondary N) is 2. The van der Waals surface area contributed by atoms with Gasteiger partial charge in [-0.05, 0) is 61.9 Å². The second-order valence-electron chi connectivity index (χ2n) is 7.22. The van der Waals surface area contributed by atoms with E-state index in [1.165, 1.54) is 23.1 Å². The monoisotopic (exact) mass is 477 g/mol. The second-order valence-corrected chi connectivity index (χ2v) is 9.29. The van der Waals surface area contributed by atoms with Crippen molar-refractivity contribution < 1.29 is 14.3 Å². The van der Waals surface area contributed by atoms with E-state index in [4.69, 9.17) is 4.74 Å². The van der Waals surface area contributed by atoms with Gasteiger partial charge in [0.15, 0.2) is 5.13 Å². The molecule has 0 radical (unpaired) electrons. The molecular weight excluding hydrogens is 454 g/mol. The molecular formula is C25H23N3O3S2. The number of fused-ring (bicyclic) bond motifs is 1. The molecule has 4 rings (SSSR count). The summed E-state index contributed by atoms with van der Waals surface area (Å²) in [4.78, 5) is 30.4. The van der Waals surface area contributed by atoms with Crippen molar-refractivity contribution in [2.45, 2.75) is 18.7 Å². The van der Waals surface area contributed by atoms with Crippen LogP contribution in [0.3, 0.4) is 0 Å². The van der Waals surface area contributed by atoms with Gasteiger partial charge in [0.2, 0.25) is 5.91 Å². The van der Waals surface area contributed by atoms with Gasteiger partial charge in [-0.25, -0.2) is 4.98 Å². The van der Waals surface area contributed by atoms with Crippen molar-refractivity contribution in [1.29, 1.82) is 0 Å². The van der Waals surface area contributed by atoms with Crippen LogP contribution in [0.25, 0.3) is 10.2 Å². The van der Waals surface area contributed by atoms with E-state index in [9.17, 15) is 9.59 Å². The lowest BCUT2D eigenvalue weighted by Gasteiger charge is -2.09. The molecule has 0 aliphatic heterocycles. The zero-order chi connectivity index (χ0) is 23.2. The van der Waals surface area contributed by atoms with Gasteiger partial charge in [0.05, 0.1) is 22.6 Å². The fourth-order valence-corrected chi connectivity index (χ4v) is 4.87. The third kappa shape index (κ3) is 5.91. The first-order valence-corrected chi connectivity index (χ1v) is 12.2. The lowest BCUT2D eigenvalue weighted by molar-refractivity contribution is -0.113. The number of ether oxygens (including phenoxy) is 1. The molecule has 0 saturated heterocycles. The number of rotatable bonds is 8. The summed E-state index contributed by atoms with van der Waals surface area (Å²) < 4.78 is 6.48. The van der Waals surface area contributed by atoms with E-state index in [1.54, 1.807) is 6.07 Å². The molecule has 0 aliphatic carbocycles. The van der Waals surface area contributed by atoms with Crippen molar-refractivity contribution in [3.63, 3.8) is 0 Å². The number of nitrogens with zero attached hydrogens (tertiary/aromatic N) is 1. The van der Waals surface area contributed by atoms with E-state index in [1.807, 2.05) is 74.5 Å². The molecule has 8 heteroatoms. The minimum Gasteiger partial charge on any atom is -0.494 e. The molecule has 0 atom stereocenters. The summed E-state index contributed by atoms with van der Waals surface area (Å²) in [5.74, 6) is 0.723. The number of amides is 2. The summed E-state index contributed by atoms with van der Waals surface area (Å²) in [7, 11) is 0. The van der Waals surface area contributed by atoms with Crippen LogP contribution in [0.2, 0.25) is 0 Å². The third-order valence-corrected chi connectivity index (χ3v) is 6.70. The average molecular weight is 478 g/mol. The number of hydrogen-bond acceptors (Lipinski definition) is 6. The Balaban J connectivity index is 1.34. The zero-order valence-corrected chi connectivity index (χ0v) is 19.9. The second kappa shape index (κ2) is 10.5. The number of hydrogen-bond donors (Lipinski definition) is 2. The predicted octanol–water partition coefficient (Wildman–Crippen LogP) is 5.99. The van der Waals surface area contributed by atoms with E-state index in [0.29, 0.717) is 23.0 Å². The highest BCUT2D eigenvalue weighted by atomic mass is 32.2. The van der Waals surface area contributed by atoms with Crippen molar-refractivity contribution in [3.8, 4) is 5.75 Å². The van der Waals surface area contributed by atoms with Crippen LogP contribution in [0.5, 0.6) is 5.75 Å². The fraction of sp³-hybridized carbons (Fsp3) is 0.160. The van der Waals surface area contributed by atoms with Gasteiger partial charge in [0, 0.05) is 16.1 Å². The minimum absolute atomic E-state index is 0.140. The Labute approximate surface area is 200 Å². The van der Waals surface area contributed by atoms with Crippen molar-refractivity contribution >= 4 is 55.9 Å². The molecule has 2 amide bonds. The number of thioether (sulfide) groups is 1. The van der Waals surface area contributed by atoms with E-state index < -0.39 is 0 Å². The van der Waals surface area contributed by atoms with Gasteiger partial charge in [0.25, 0.3) is 5.91 Å². The molecule has 33 heavy (non-hydrogen) atoms. The summed E-state index contributed by atoms with van der Waals surface area (Å²) in [6.07, 6.45) is 0. The molecule has 1 heterocycles. The van der Waals surface area contributed by atoms with Gasteiger partial charge in [-0.2, -0.15) is 0 Å². The predicted molar refractivity (Wildman–Crippen MR) is 136 cm³/mol. The van der Waals surface area contributed by atoms with Crippen LogP contribution in [0.15, 0.2) is 71.6 Å². The van der Waals surface area contributed by atoms with Crippen molar-refractivity contribution in [2.24, 2.45) is 0 Å². The van der Waals surface area contributed by atoms with Gasteiger partial charge in [0.1, 0.15) is 5.75 Å². The molecule has 1 aromatic heterocycles. The van der Waals surface area contributed by atoms with Crippen LogP contribution in [-0.2, 0) is 4.79 Å². The lowest BCUT2D eigenvalue weighted by Crippen LogP contribution is -2.14. The Hall–Kier alpha value is -3.36. The first kappa shape index (κ1) is 22.8. The average Bonchev–Trinajstić information content (AvgIpc) is 3.20. The highest BCUT2D eigenvalue weighted by Gasteiger charge is 2.11. The van der Waals surface area contributed by atoms with Crippen molar-refractivity contribution in [1.82, 2.24) is 4.98 Å². The molecule has 0 saturated carbocycles. The summed E-state index contributed by atoms with van der Waals surface area (Å²) in [6.45, 7) is 4.44. The Bertz CT molecular complexity index is 1300. The number of anilines is 2. The standard InChI is InChI=1S/C25H23N3O3S2/c1-3-31-18-11-12-21-22(14-18)33-25(27-21)28-23(29)15-32-19-9-6-8-17(13-19)26-24(30)20-10-5-4-7-16(20)2/h4-14H,3,15H2,1-2H3,(H,26,30)(H,27,28,29). The highest BCUT2D eigenvalue weighted by molar-refractivity contribution is 8.00. The van der Waals surface area contributed by atoms with Crippen LogP contribution in [0.4, 0.5) is 10.8 Å². The summed E-state index contributed by atoms with van der Waals surface area (Å²) in [5, 5.41) is 6.35. The largest absolute Gasteiger partial charge is 0.494 e. The maximum Gasteiger partial charge on any atom is 0.255 e. The van der Waals surface area contributed by atoms with Gasteiger partial charge >= 0.3 is 0 Å². The van der Waals surface area contributed by atoms with Crippen LogP contribution in [0.1, 0.15) is 22.8 Å². The minimum atomic E-state index is -0.156. The molecule has 6 nitrogen and oxygen atoms in total.